The van der Waals surface area contributed by atoms with Gasteiger partial charge in [0.05, 0.1) is 24.7 Å². The van der Waals surface area contributed by atoms with Crippen LogP contribution in [0.25, 0.3) is 0 Å². The molecule has 0 aromatic heterocycles. The number of hydrogen-bond donors (Lipinski definition) is 0. The number of nitriles is 1. The molecule has 4 nitrogen and oxygen atoms in total. The molecular weight excluding hydrogens is 278 g/mol. The number of carbonyl (C=O) groups is 1. The molecule has 0 saturated carbocycles. The summed E-state index contributed by atoms with van der Waals surface area (Å²) in [6.07, 6.45) is 0.640. The highest BCUT2D eigenvalue weighted by Gasteiger charge is 2.22. The van der Waals surface area contributed by atoms with E-state index in [4.69, 9.17) is 14.7 Å². The van der Waals surface area contributed by atoms with Crippen LogP contribution in [0.3, 0.4) is 0 Å². The van der Waals surface area contributed by atoms with Gasteiger partial charge in [0.15, 0.2) is 11.5 Å². The van der Waals surface area contributed by atoms with Crippen molar-refractivity contribution in [3.8, 4) is 17.6 Å². The maximum atomic E-state index is 12.4. The fraction of sp³-hybridized carbons (Fsp3) is 0.222. The summed E-state index contributed by atoms with van der Waals surface area (Å²) in [5.41, 5.74) is 1.37. The Morgan fingerprint density at radius 2 is 1.91 bits per heavy atom. The number of esters is 1. The average Bonchev–Trinajstić information content (AvgIpc) is 2.57. The van der Waals surface area contributed by atoms with Crippen LogP contribution < -0.4 is 9.47 Å². The van der Waals surface area contributed by atoms with E-state index in [-0.39, 0.29) is 11.9 Å². The Bertz CT molecular complexity index is 689. The smallest absolute Gasteiger partial charge is 0.318 e. The molecule has 0 aliphatic rings. The van der Waals surface area contributed by atoms with E-state index < -0.39 is 0 Å². The predicted octanol–water partition coefficient (Wildman–Crippen LogP) is 3.67. The number of rotatable bonds is 5. The Balaban J connectivity index is 2.23. The van der Waals surface area contributed by atoms with Crippen LogP contribution in [0.15, 0.2) is 48.5 Å². The van der Waals surface area contributed by atoms with Gasteiger partial charge >= 0.3 is 5.97 Å². The van der Waals surface area contributed by atoms with Gasteiger partial charge in [0.2, 0.25) is 0 Å². The molecule has 22 heavy (non-hydrogen) atoms. The van der Waals surface area contributed by atoms with Crippen molar-refractivity contribution in [2.45, 2.75) is 19.3 Å². The van der Waals surface area contributed by atoms with E-state index in [9.17, 15) is 4.79 Å². The molecule has 0 aliphatic heterocycles. The zero-order valence-corrected chi connectivity index (χ0v) is 12.6. The third-order valence-electron chi connectivity index (χ3n) is 3.40. The maximum Gasteiger partial charge on any atom is 0.318 e. The van der Waals surface area contributed by atoms with Crippen LogP contribution >= 0.6 is 0 Å². The van der Waals surface area contributed by atoms with E-state index in [1.54, 1.807) is 18.2 Å². The number of nitrogens with zero attached hydrogens (tertiary/aromatic N) is 1. The van der Waals surface area contributed by atoms with Crippen molar-refractivity contribution in [1.82, 2.24) is 0 Å². The third-order valence-corrected chi connectivity index (χ3v) is 3.40. The van der Waals surface area contributed by atoms with E-state index in [1.807, 2.05) is 43.3 Å². The van der Waals surface area contributed by atoms with E-state index in [1.165, 1.54) is 7.11 Å². The van der Waals surface area contributed by atoms with E-state index in [0.29, 0.717) is 23.5 Å². The van der Waals surface area contributed by atoms with Crippen LogP contribution in [-0.2, 0) is 4.79 Å². The van der Waals surface area contributed by atoms with Crippen LogP contribution in [0, 0.1) is 11.3 Å². The molecule has 2 aromatic carbocycles. The molecule has 0 heterocycles. The van der Waals surface area contributed by atoms with E-state index in [0.717, 1.165) is 5.56 Å². The lowest BCUT2D eigenvalue weighted by molar-refractivity contribution is -0.136. The van der Waals surface area contributed by atoms with Gasteiger partial charge in [0.25, 0.3) is 0 Å². The van der Waals surface area contributed by atoms with Crippen molar-refractivity contribution in [1.29, 1.82) is 5.26 Å². The Morgan fingerprint density at radius 3 is 2.50 bits per heavy atom. The first-order chi connectivity index (χ1) is 10.7. The van der Waals surface area contributed by atoms with Crippen LogP contribution in [0.1, 0.15) is 30.4 Å². The van der Waals surface area contributed by atoms with Crippen molar-refractivity contribution >= 4 is 5.97 Å². The molecule has 0 N–H and O–H groups in total. The normalized spacial score (nSPS) is 11.3. The highest BCUT2D eigenvalue weighted by Crippen LogP contribution is 2.30. The molecule has 1 unspecified atom stereocenters. The standard InChI is InChI=1S/C18H17NO3/c1-3-15(14-7-5-4-6-8-14)18(20)22-16-10-9-13(12-19)11-17(16)21-2/h4-11,15H,3H2,1-2H3. The molecule has 112 valence electrons. The second-order valence-electron chi connectivity index (χ2n) is 4.77. The van der Waals surface area contributed by atoms with Crippen molar-refractivity contribution < 1.29 is 14.3 Å². The first-order valence-electron chi connectivity index (χ1n) is 7.04. The fourth-order valence-corrected chi connectivity index (χ4v) is 2.22. The second-order valence-corrected chi connectivity index (χ2v) is 4.77. The minimum Gasteiger partial charge on any atom is -0.493 e. The summed E-state index contributed by atoms with van der Waals surface area (Å²) in [6.45, 7) is 1.94. The Kier molecular flexibility index (Phi) is 5.16. The molecule has 0 fully saturated rings. The van der Waals surface area contributed by atoms with Crippen molar-refractivity contribution in [3.63, 3.8) is 0 Å². The largest absolute Gasteiger partial charge is 0.493 e. The molecule has 1 atom stereocenters. The van der Waals surface area contributed by atoms with Gasteiger partial charge < -0.3 is 9.47 Å². The number of hydrogen-bond acceptors (Lipinski definition) is 4. The lowest BCUT2D eigenvalue weighted by Crippen LogP contribution is -2.18. The molecule has 4 heteroatoms. The number of methoxy groups -OCH3 is 1. The second kappa shape index (κ2) is 7.28. The van der Waals surface area contributed by atoms with E-state index in [2.05, 4.69) is 0 Å². The average molecular weight is 295 g/mol. The Hall–Kier alpha value is -2.80. The lowest BCUT2D eigenvalue weighted by atomic mass is 9.97. The zero-order chi connectivity index (χ0) is 15.9. The van der Waals surface area contributed by atoms with Crippen LogP contribution in [0.5, 0.6) is 11.5 Å². The van der Waals surface area contributed by atoms with Gasteiger partial charge in [-0.15, -0.1) is 0 Å². The van der Waals surface area contributed by atoms with E-state index >= 15 is 0 Å². The van der Waals surface area contributed by atoms with Gasteiger partial charge in [-0.25, -0.2) is 0 Å². The van der Waals surface area contributed by atoms with Crippen LogP contribution in [-0.4, -0.2) is 13.1 Å². The molecule has 2 rings (SSSR count). The summed E-state index contributed by atoms with van der Waals surface area (Å²) in [7, 11) is 1.47. The monoisotopic (exact) mass is 295 g/mol. The molecular formula is C18H17NO3. The number of carbonyl (C=O) groups excluding carboxylic acids is 1. The van der Waals surface area contributed by atoms with Gasteiger partial charge in [0.1, 0.15) is 0 Å². The highest BCUT2D eigenvalue weighted by atomic mass is 16.6. The fourth-order valence-electron chi connectivity index (χ4n) is 2.22. The van der Waals surface area contributed by atoms with Crippen LogP contribution in [0.2, 0.25) is 0 Å². The molecule has 0 amide bonds. The third kappa shape index (κ3) is 3.44. The molecule has 0 radical (unpaired) electrons. The molecule has 0 spiro atoms. The number of ether oxygens (including phenoxy) is 2. The highest BCUT2D eigenvalue weighted by molar-refractivity contribution is 5.81. The van der Waals surface area contributed by atoms with Crippen LogP contribution in [0.4, 0.5) is 0 Å². The summed E-state index contributed by atoms with van der Waals surface area (Å²) >= 11 is 0. The van der Waals surface area contributed by atoms with Crippen molar-refractivity contribution in [2.24, 2.45) is 0 Å². The van der Waals surface area contributed by atoms with Gasteiger partial charge in [-0.1, -0.05) is 37.3 Å². The first-order valence-corrected chi connectivity index (χ1v) is 7.04. The van der Waals surface area contributed by atoms with Gasteiger partial charge in [0, 0.05) is 6.07 Å². The summed E-state index contributed by atoms with van der Waals surface area (Å²) in [4.78, 5) is 12.4. The summed E-state index contributed by atoms with van der Waals surface area (Å²) in [5, 5.41) is 8.89. The summed E-state index contributed by atoms with van der Waals surface area (Å²) in [6, 6.07) is 16.3. The predicted molar refractivity (Wildman–Crippen MR) is 82.8 cm³/mol. The molecule has 0 aliphatic carbocycles. The van der Waals surface area contributed by atoms with Gasteiger partial charge in [-0.3, -0.25) is 4.79 Å². The molecule has 2 aromatic rings. The molecule has 0 saturated heterocycles. The van der Waals surface area contributed by atoms with Crippen molar-refractivity contribution in [2.75, 3.05) is 7.11 Å². The lowest BCUT2D eigenvalue weighted by Gasteiger charge is -2.15. The summed E-state index contributed by atoms with van der Waals surface area (Å²) in [5.74, 6) is 0.0226. The number of benzene rings is 2. The quantitative estimate of drug-likeness (QED) is 0.624. The molecule has 0 bridgehead atoms. The van der Waals surface area contributed by atoms with Gasteiger partial charge in [-0.2, -0.15) is 5.26 Å². The van der Waals surface area contributed by atoms with Gasteiger partial charge in [-0.05, 0) is 24.1 Å². The Labute approximate surface area is 129 Å². The minimum atomic E-state index is -0.336. The Morgan fingerprint density at radius 1 is 1.18 bits per heavy atom. The SMILES string of the molecule is CCC(C(=O)Oc1ccc(C#N)cc1OC)c1ccccc1. The minimum absolute atomic E-state index is 0.320. The topological polar surface area (TPSA) is 59.3 Å². The van der Waals surface area contributed by atoms with Crippen molar-refractivity contribution in [3.05, 3.63) is 59.7 Å². The zero-order valence-electron chi connectivity index (χ0n) is 12.6. The maximum absolute atomic E-state index is 12.4. The first kappa shape index (κ1) is 15.6. The summed E-state index contributed by atoms with van der Waals surface area (Å²) < 4.78 is 10.6.